The van der Waals surface area contributed by atoms with Crippen LogP contribution < -0.4 is 0 Å². The van der Waals surface area contributed by atoms with Crippen LogP contribution >= 0.6 is 0 Å². The van der Waals surface area contributed by atoms with Crippen molar-refractivity contribution < 1.29 is 27.8 Å². The standard InChI is InChI=1S/C14H23F3O3/c1-9(2)13(3)6-4-5-10(7-13)20-8-11(12(18)19)14(15,16)17/h9-11H,4-8H2,1-3H3,(H,18,19). The van der Waals surface area contributed by atoms with Gasteiger partial charge in [-0.05, 0) is 30.6 Å². The van der Waals surface area contributed by atoms with Gasteiger partial charge in [0.25, 0.3) is 0 Å². The Morgan fingerprint density at radius 2 is 2.05 bits per heavy atom. The number of hydrogen-bond acceptors (Lipinski definition) is 2. The molecule has 0 aromatic carbocycles. The maximum absolute atomic E-state index is 12.5. The molecule has 0 aromatic rings. The highest BCUT2D eigenvalue weighted by Gasteiger charge is 2.46. The molecule has 0 aromatic heterocycles. The highest BCUT2D eigenvalue weighted by molar-refractivity contribution is 5.71. The van der Waals surface area contributed by atoms with Gasteiger partial charge in [-0.2, -0.15) is 13.2 Å². The van der Waals surface area contributed by atoms with Gasteiger partial charge in [0.2, 0.25) is 0 Å². The first-order chi connectivity index (χ1) is 9.06. The number of carboxylic acid groups (broad SMARTS) is 1. The third-order valence-corrected chi connectivity index (χ3v) is 4.55. The van der Waals surface area contributed by atoms with Gasteiger partial charge < -0.3 is 9.84 Å². The second-order valence-electron chi connectivity index (χ2n) is 6.29. The third-order valence-electron chi connectivity index (χ3n) is 4.55. The van der Waals surface area contributed by atoms with Crippen LogP contribution in [-0.4, -0.2) is 30.0 Å². The number of carboxylic acids is 1. The summed E-state index contributed by atoms with van der Waals surface area (Å²) in [6, 6.07) is 0. The minimum absolute atomic E-state index is 0.0554. The topological polar surface area (TPSA) is 46.5 Å². The molecule has 1 aliphatic carbocycles. The number of alkyl halides is 3. The molecule has 1 saturated carbocycles. The zero-order chi connectivity index (χ0) is 15.6. The third kappa shape index (κ3) is 4.36. The van der Waals surface area contributed by atoms with Gasteiger partial charge >= 0.3 is 12.1 Å². The minimum Gasteiger partial charge on any atom is -0.481 e. The van der Waals surface area contributed by atoms with Gasteiger partial charge in [0.05, 0.1) is 12.7 Å². The lowest BCUT2D eigenvalue weighted by Crippen LogP contribution is -2.39. The first-order valence-corrected chi connectivity index (χ1v) is 6.97. The number of aliphatic carboxylic acids is 1. The zero-order valence-electron chi connectivity index (χ0n) is 12.2. The Morgan fingerprint density at radius 3 is 2.50 bits per heavy atom. The van der Waals surface area contributed by atoms with E-state index in [0.29, 0.717) is 18.8 Å². The van der Waals surface area contributed by atoms with Gasteiger partial charge in [-0.25, -0.2) is 0 Å². The molecule has 3 atom stereocenters. The maximum Gasteiger partial charge on any atom is 0.404 e. The van der Waals surface area contributed by atoms with E-state index in [9.17, 15) is 18.0 Å². The lowest BCUT2D eigenvalue weighted by molar-refractivity contribution is -0.207. The Bertz CT molecular complexity index is 341. The van der Waals surface area contributed by atoms with Gasteiger partial charge in [0.1, 0.15) is 0 Å². The summed E-state index contributed by atoms with van der Waals surface area (Å²) in [4.78, 5) is 10.7. The molecule has 20 heavy (non-hydrogen) atoms. The van der Waals surface area contributed by atoms with E-state index in [4.69, 9.17) is 9.84 Å². The molecule has 0 aliphatic heterocycles. The normalized spacial score (nSPS) is 29.4. The van der Waals surface area contributed by atoms with Crippen molar-refractivity contribution in [3.05, 3.63) is 0 Å². The molecule has 6 heteroatoms. The minimum atomic E-state index is -4.76. The Kier molecular flexibility index (Phi) is 5.46. The summed E-state index contributed by atoms with van der Waals surface area (Å²) in [5.41, 5.74) is 0.0554. The van der Waals surface area contributed by atoms with Crippen LogP contribution in [0.2, 0.25) is 0 Å². The molecule has 1 fully saturated rings. The molecule has 118 valence electrons. The molecule has 0 bridgehead atoms. The predicted octanol–water partition coefficient (Wildman–Crippen LogP) is 3.87. The molecular weight excluding hydrogens is 273 g/mol. The van der Waals surface area contributed by atoms with Crippen LogP contribution in [-0.2, 0) is 9.53 Å². The van der Waals surface area contributed by atoms with Crippen LogP contribution in [0.25, 0.3) is 0 Å². The van der Waals surface area contributed by atoms with E-state index >= 15 is 0 Å². The predicted molar refractivity (Wildman–Crippen MR) is 68.3 cm³/mol. The van der Waals surface area contributed by atoms with Gasteiger partial charge in [-0.3, -0.25) is 4.79 Å². The SMILES string of the molecule is CC(C)C1(C)CCCC(OCC(C(=O)O)C(F)(F)F)C1. The molecular formula is C14H23F3O3. The fourth-order valence-electron chi connectivity index (χ4n) is 2.66. The van der Waals surface area contributed by atoms with Gasteiger partial charge in [-0.15, -0.1) is 0 Å². The van der Waals surface area contributed by atoms with E-state index in [1.165, 1.54) is 0 Å². The van der Waals surface area contributed by atoms with Crippen molar-refractivity contribution in [3.63, 3.8) is 0 Å². The van der Waals surface area contributed by atoms with Crippen molar-refractivity contribution in [2.45, 2.75) is 58.7 Å². The Morgan fingerprint density at radius 1 is 1.45 bits per heavy atom. The van der Waals surface area contributed by atoms with E-state index in [0.717, 1.165) is 12.8 Å². The molecule has 0 heterocycles. The molecule has 3 unspecified atom stereocenters. The summed E-state index contributed by atoms with van der Waals surface area (Å²) in [5.74, 6) is -3.89. The van der Waals surface area contributed by atoms with Crippen LogP contribution in [0.5, 0.6) is 0 Å². The summed E-state index contributed by atoms with van der Waals surface area (Å²) < 4.78 is 42.9. The van der Waals surface area contributed by atoms with Gasteiger partial charge in [-0.1, -0.05) is 27.2 Å². The van der Waals surface area contributed by atoms with E-state index in [2.05, 4.69) is 20.8 Å². The van der Waals surface area contributed by atoms with Crippen molar-refractivity contribution in [1.29, 1.82) is 0 Å². The Balaban J connectivity index is 2.58. The summed E-state index contributed by atoms with van der Waals surface area (Å²) in [6.45, 7) is 5.51. The quantitative estimate of drug-likeness (QED) is 0.837. The molecule has 0 saturated heterocycles. The molecule has 1 N–H and O–H groups in total. The summed E-state index contributed by atoms with van der Waals surface area (Å²) >= 11 is 0. The lowest BCUT2D eigenvalue weighted by Gasteiger charge is -2.41. The fourth-order valence-corrected chi connectivity index (χ4v) is 2.66. The molecule has 0 spiro atoms. The van der Waals surface area contributed by atoms with Crippen LogP contribution in [0, 0.1) is 17.3 Å². The van der Waals surface area contributed by atoms with Gasteiger partial charge in [0.15, 0.2) is 5.92 Å². The number of ether oxygens (including phenoxy) is 1. The van der Waals surface area contributed by atoms with E-state index in [1.54, 1.807) is 0 Å². The molecule has 0 radical (unpaired) electrons. The highest BCUT2D eigenvalue weighted by Crippen LogP contribution is 2.43. The summed E-state index contributed by atoms with van der Waals surface area (Å²) in [5, 5.41) is 8.63. The van der Waals surface area contributed by atoms with Crippen molar-refractivity contribution >= 4 is 5.97 Å². The lowest BCUT2D eigenvalue weighted by atomic mass is 9.67. The van der Waals surface area contributed by atoms with E-state index in [-0.39, 0.29) is 11.5 Å². The highest BCUT2D eigenvalue weighted by atomic mass is 19.4. The van der Waals surface area contributed by atoms with Crippen molar-refractivity contribution in [2.75, 3.05) is 6.61 Å². The Labute approximate surface area is 117 Å². The summed E-state index contributed by atoms with van der Waals surface area (Å²) in [6.07, 6.45) is -1.71. The molecule has 3 nitrogen and oxygen atoms in total. The maximum atomic E-state index is 12.5. The largest absolute Gasteiger partial charge is 0.481 e. The second kappa shape index (κ2) is 6.33. The molecule has 0 amide bonds. The number of rotatable bonds is 5. The number of hydrogen-bond donors (Lipinski definition) is 1. The Hall–Kier alpha value is -0.780. The average molecular weight is 296 g/mol. The van der Waals surface area contributed by atoms with E-state index < -0.39 is 24.7 Å². The number of halogens is 3. The summed E-state index contributed by atoms with van der Waals surface area (Å²) in [7, 11) is 0. The second-order valence-corrected chi connectivity index (χ2v) is 6.29. The van der Waals surface area contributed by atoms with Crippen molar-refractivity contribution in [3.8, 4) is 0 Å². The van der Waals surface area contributed by atoms with Crippen LogP contribution in [0.15, 0.2) is 0 Å². The molecule has 1 aliphatic rings. The van der Waals surface area contributed by atoms with E-state index in [1.807, 2.05) is 0 Å². The number of carbonyl (C=O) groups is 1. The zero-order valence-corrected chi connectivity index (χ0v) is 12.2. The van der Waals surface area contributed by atoms with Crippen molar-refractivity contribution in [2.24, 2.45) is 17.3 Å². The van der Waals surface area contributed by atoms with Gasteiger partial charge in [0, 0.05) is 0 Å². The monoisotopic (exact) mass is 296 g/mol. The smallest absolute Gasteiger partial charge is 0.404 e. The first-order valence-electron chi connectivity index (χ1n) is 6.97. The van der Waals surface area contributed by atoms with Crippen molar-refractivity contribution in [1.82, 2.24) is 0 Å². The van der Waals surface area contributed by atoms with Crippen LogP contribution in [0.3, 0.4) is 0 Å². The first kappa shape index (κ1) is 17.3. The van der Waals surface area contributed by atoms with Crippen LogP contribution in [0.4, 0.5) is 13.2 Å². The fraction of sp³-hybridized carbons (Fsp3) is 0.929. The van der Waals surface area contributed by atoms with Crippen LogP contribution in [0.1, 0.15) is 46.5 Å². The average Bonchev–Trinajstić information content (AvgIpc) is 2.26. The molecule has 1 rings (SSSR count).